The van der Waals surface area contributed by atoms with Gasteiger partial charge in [-0.25, -0.2) is 4.98 Å². The number of Topliss-reactive ketones (excluding diaryl/α,β-unsaturated/α-hetero) is 1. The molecule has 8 heteroatoms. The second-order valence-corrected chi connectivity index (χ2v) is 5.31. The molecule has 0 aliphatic heterocycles. The Morgan fingerprint density at radius 2 is 2.04 bits per heavy atom. The van der Waals surface area contributed by atoms with E-state index in [1.165, 1.54) is 6.07 Å². The Balaban J connectivity index is 1.90. The number of halogens is 4. The first-order valence-electron chi connectivity index (χ1n) is 6.53. The Bertz CT molecular complexity index is 889. The number of benzene rings is 1. The van der Waals surface area contributed by atoms with Crippen molar-refractivity contribution in [3.05, 3.63) is 58.5 Å². The third kappa shape index (κ3) is 3.19. The molecule has 0 amide bonds. The molecule has 0 radical (unpaired) electrons. The van der Waals surface area contributed by atoms with E-state index in [-0.39, 0.29) is 12.1 Å². The van der Waals surface area contributed by atoms with Gasteiger partial charge >= 0.3 is 6.18 Å². The number of ketones is 1. The Morgan fingerprint density at radius 1 is 1.26 bits per heavy atom. The van der Waals surface area contributed by atoms with Crippen LogP contribution in [0.3, 0.4) is 0 Å². The van der Waals surface area contributed by atoms with E-state index in [1.54, 1.807) is 18.3 Å². The second kappa shape index (κ2) is 5.66. The van der Waals surface area contributed by atoms with Crippen LogP contribution < -0.4 is 0 Å². The highest BCUT2D eigenvalue weighted by atomic mass is 35.5. The van der Waals surface area contributed by atoms with Crippen LogP contribution in [-0.2, 0) is 12.6 Å². The van der Waals surface area contributed by atoms with Crippen LogP contribution in [0.5, 0.6) is 0 Å². The van der Waals surface area contributed by atoms with Crippen molar-refractivity contribution in [1.82, 2.24) is 15.2 Å². The summed E-state index contributed by atoms with van der Waals surface area (Å²) in [6.45, 7) is 0. The molecule has 23 heavy (non-hydrogen) atoms. The third-order valence-corrected chi connectivity index (χ3v) is 3.64. The molecule has 0 bridgehead atoms. The number of aromatic amines is 1. The summed E-state index contributed by atoms with van der Waals surface area (Å²) in [4.78, 5) is 15.6. The fourth-order valence-electron chi connectivity index (χ4n) is 2.16. The lowest BCUT2D eigenvalue weighted by Gasteiger charge is -2.08. The Kier molecular flexibility index (Phi) is 3.81. The quantitative estimate of drug-likeness (QED) is 0.732. The highest BCUT2D eigenvalue weighted by Gasteiger charge is 2.32. The summed E-state index contributed by atoms with van der Waals surface area (Å²) in [6, 6.07) is 6.52. The lowest BCUT2D eigenvalue weighted by atomic mass is 10.0. The van der Waals surface area contributed by atoms with E-state index < -0.39 is 17.7 Å². The van der Waals surface area contributed by atoms with Gasteiger partial charge in [-0.3, -0.25) is 9.89 Å². The van der Waals surface area contributed by atoms with Crippen LogP contribution in [0.4, 0.5) is 13.2 Å². The lowest BCUT2D eigenvalue weighted by molar-refractivity contribution is -0.141. The number of carbonyl (C=O) groups excluding carboxylic acids is 1. The number of pyridine rings is 1. The molecule has 2 heterocycles. The largest absolute Gasteiger partial charge is 0.433 e. The van der Waals surface area contributed by atoms with Gasteiger partial charge in [-0.05, 0) is 29.8 Å². The van der Waals surface area contributed by atoms with Crippen molar-refractivity contribution in [1.29, 1.82) is 0 Å². The number of fused-ring (bicyclic) bond motifs is 1. The molecule has 3 rings (SSSR count). The Hall–Kier alpha value is -2.41. The van der Waals surface area contributed by atoms with Crippen molar-refractivity contribution in [3.63, 3.8) is 0 Å². The number of hydrogen-bond donors (Lipinski definition) is 1. The molecule has 0 atom stereocenters. The molecular weight excluding hydrogens is 331 g/mol. The summed E-state index contributed by atoms with van der Waals surface area (Å²) in [5.74, 6) is -0.541. The minimum atomic E-state index is -4.59. The third-order valence-electron chi connectivity index (χ3n) is 3.28. The van der Waals surface area contributed by atoms with Crippen molar-refractivity contribution < 1.29 is 18.0 Å². The topological polar surface area (TPSA) is 58.6 Å². The SMILES string of the molecule is O=C(Cc1cc2cn[nH]c2cc1Cl)c1cccc(C(F)(F)F)n1. The number of nitrogens with zero attached hydrogens (tertiary/aromatic N) is 2. The van der Waals surface area contributed by atoms with Gasteiger partial charge in [-0.1, -0.05) is 17.7 Å². The van der Waals surface area contributed by atoms with Gasteiger partial charge in [-0.2, -0.15) is 18.3 Å². The van der Waals surface area contributed by atoms with Gasteiger partial charge in [0.2, 0.25) is 0 Å². The number of carbonyl (C=O) groups is 1. The van der Waals surface area contributed by atoms with E-state index in [9.17, 15) is 18.0 Å². The standard InChI is InChI=1S/C15H9ClF3N3O/c16-10-6-12-9(7-20-22-12)4-8(10)5-13(23)11-2-1-3-14(21-11)15(17,18)19/h1-4,6-7H,5H2,(H,20,22). The van der Waals surface area contributed by atoms with Crippen LogP contribution in [0.25, 0.3) is 10.9 Å². The minimum Gasteiger partial charge on any atom is -0.292 e. The van der Waals surface area contributed by atoms with E-state index in [4.69, 9.17) is 11.6 Å². The van der Waals surface area contributed by atoms with E-state index in [2.05, 4.69) is 15.2 Å². The number of hydrogen-bond acceptors (Lipinski definition) is 3. The van der Waals surface area contributed by atoms with Crippen LogP contribution in [0.1, 0.15) is 21.7 Å². The molecule has 2 aromatic heterocycles. The molecule has 0 unspecified atom stereocenters. The van der Waals surface area contributed by atoms with Gasteiger partial charge in [0.25, 0.3) is 0 Å². The monoisotopic (exact) mass is 339 g/mol. The van der Waals surface area contributed by atoms with Crippen LogP contribution >= 0.6 is 11.6 Å². The van der Waals surface area contributed by atoms with Gasteiger partial charge in [0.05, 0.1) is 11.7 Å². The smallest absolute Gasteiger partial charge is 0.292 e. The summed E-state index contributed by atoms with van der Waals surface area (Å²) in [6.07, 6.45) is -3.17. The van der Waals surface area contributed by atoms with Gasteiger partial charge < -0.3 is 0 Å². The lowest BCUT2D eigenvalue weighted by Crippen LogP contribution is -2.13. The average Bonchev–Trinajstić information content (AvgIpc) is 2.94. The summed E-state index contributed by atoms with van der Waals surface area (Å²) < 4.78 is 38.0. The van der Waals surface area contributed by atoms with E-state index in [0.717, 1.165) is 17.5 Å². The molecule has 1 N–H and O–H groups in total. The highest BCUT2D eigenvalue weighted by Crippen LogP contribution is 2.28. The maximum absolute atomic E-state index is 12.7. The van der Waals surface area contributed by atoms with Crippen LogP contribution in [0.2, 0.25) is 5.02 Å². The number of nitrogens with one attached hydrogen (secondary N) is 1. The summed E-state index contributed by atoms with van der Waals surface area (Å²) >= 11 is 6.10. The fraction of sp³-hybridized carbons (Fsp3) is 0.133. The van der Waals surface area contributed by atoms with Crippen molar-refractivity contribution in [2.45, 2.75) is 12.6 Å². The molecule has 3 aromatic rings. The van der Waals surface area contributed by atoms with Gasteiger partial charge in [-0.15, -0.1) is 0 Å². The zero-order chi connectivity index (χ0) is 16.6. The minimum absolute atomic E-state index is 0.145. The second-order valence-electron chi connectivity index (χ2n) is 4.91. The summed E-state index contributed by atoms with van der Waals surface area (Å²) in [5.41, 5.74) is -0.129. The van der Waals surface area contributed by atoms with Crippen molar-refractivity contribution in [2.75, 3.05) is 0 Å². The van der Waals surface area contributed by atoms with E-state index >= 15 is 0 Å². The molecule has 0 fully saturated rings. The molecule has 118 valence electrons. The van der Waals surface area contributed by atoms with Crippen LogP contribution in [0.15, 0.2) is 36.5 Å². The molecule has 1 aromatic carbocycles. The molecule has 0 saturated carbocycles. The van der Waals surface area contributed by atoms with Crippen LogP contribution in [0, 0.1) is 0 Å². The zero-order valence-electron chi connectivity index (χ0n) is 11.5. The Labute approximate surface area is 133 Å². The first-order chi connectivity index (χ1) is 10.8. The number of alkyl halides is 3. The van der Waals surface area contributed by atoms with Gasteiger partial charge in [0.1, 0.15) is 11.4 Å². The Morgan fingerprint density at radius 3 is 2.78 bits per heavy atom. The normalized spacial score (nSPS) is 11.8. The first-order valence-corrected chi connectivity index (χ1v) is 6.91. The molecule has 0 aliphatic rings. The van der Waals surface area contributed by atoms with Crippen molar-refractivity contribution in [3.8, 4) is 0 Å². The summed E-state index contributed by atoms with van der Waals surface area (Å²) in [5, 5.41) is 7.69. The molecule has 0 spiro atoms. The number of rotatable bonds is 3. The average molecular weight is 340 g/mol. The molecule has 4 nitrogen and oxygen atoms in total. The maximum atomic E-state index is 12.7. The number of aromatic nitrogens is 3. The first kappa shape index (κ1) is 15.5. The maximum Gasteiger partial charge on any atom is 0.433 e. The molecule has 0 saturated heterocycles. The van der Waals surface area contributed by atoms with E-state index in [0.29, 0.717) is 16.1 Å². The highest BCUT2D eigenvalue weighted by molar-refractivity contribution is 6.32. The summed E-state index contributed by atoms with van der Waals surface area (Å²) in [7, 11) is 0. The van der Waals surface area contributed by atoms with Gasteiger partial charge in [0.15, 0.2) is 5.78 Å². The van der Waals surface area contributed by atoms with Crippen LogP contribution in [-0.4, -0.2) is 21.0 Å². The van der Waals surface area contributed by atoms with E-state index in [1.807, 2.05) is 0 Å². The predicted molar refractivity (Wildman–Crippen MR) is 78.4 cm³/mol. The predicted octanol–water partition coefficient (Wildman–Crippen LogP) is 4.06. The molecular formula is C15H9ClF3N3O. The fourth-order valence-corrected chi connectivity index (χ4v) is 2.39. The number of H-pyrrole nitrogens is 1. The van der Waals surface area contributed by atoms with Crippen molar-refractivity contribution >= 4 is 28.3 Å². The van der Waals surface area contributed by atoms with Crippen molar-refractivity contribution in [2.24, 2.45) is 0 Å². The van der Waals surface area contributed by atoms with Gasteiger partial charge in [0, 0.05) is 16.8 Å². The zero-order valence-corrected chi connectivity index (χ0v) is 12.2. The molecule has 0 aliphatic carbocycles.